The number of carbonyl (C=O) groups is 1. The molecule has 1 aromatic rings. The van der Waals surface area contributed by atoms with Crippen LogP contribution in [-0.4, -0.2) is 19.4 Å². The number of nitrogens with zero attached hydrogens (tertiary/aromatic N) is 1. The molecule has 0 bridgehead atoms. The lowest BCUT2D eigenvalue weighted by molar-refractivity contribution is 0.101. The fourth-order valence-corrected chi connectivity index (χ4v) is 2.23. The molecule has 3 heteroatoms. The quantitative estimate of drug-likeness (QED) is 0.765. The second-order valence-corrected chi connectivity index (χ2v) is 4.85. The number of carbonyl (C=O) groups excluding carboxylic acids is 1. The summed E-state index contributed by atoms with van der Waals surface area (Å²) in [5.41, 5.74) is 1.89. The topological polar surface area (TPSA) is 20.3 Å². The molecular weight excluding hydrogens is 266 g/mol. The molecule has 0 saturated heterocycles. The number of unbranched alkanes of at least 4 members (excludes halogenated alkanes) is 1. The van der Waals surface area contributed by atoms with Crippen molar-refractivity contribution in [3.8, 4) is 0 Å². The van der Waals surface area contributed by atoms with Gasteiger partial charge in [-0.15, -0.1) is 0 Å². The molecule has 0 fully saturated rings. The zero-order valence-electron chi connectivity index (χ0n) is 10.1. The van der Waals surface area contributed by atoms with Crippen LogP contribution in [0.4, 0.5) is 5.69 Å². The summed E-state index contributed by atoms with van der Waals surface area (Å²) in [6.07, 6.45) is 2.37. The Morgan fingerprint density at radius 1 is 1.44 bits per heavy atom. The van der Waals surface area contributed by atoms with Gasteiger partial charge < -0.3 is 4.90 Å². The number of Topliss-reactive ketones (excluding diaryl/α,β-unsaturated/α-hetero) is 1. The first-order valence-electron chi connectivity index (χ1n) is 5.58. The van der Waals surface area contributed by atoms with E-state index in [2.05, 4.69) is 34.8 Å². The van der Waals surface area contributed by atoms with Crippen molar-refractivity contribution in [1.82, 2.24) is 0 Å². The molecule has 0 amide bonds. The molecule has 1 rings (SSSR count). The van der Waals surface area contributed by atoms with Gasteiger partial charge in [0.2, 0.25) is 0 Å². The molecule has 0 spiro atoms. The van der Waals surface area contributed by atoms with Crippen LogP contribution in [0.15, 0.2) is 22.7 Å². The molecular formula is C13H18BrNO. The molecule has 0 aliphatic heterocycles. The Morgan fingerprint density at radius 3 is 2.62 bits per heavy atom. The maximum absolute atomic E-state index is 11.2. The van der Waals surface area contributed by atoms with Crippen LogP contribution in [0.5, 0.6) is 0 Å². The van der Waals surface area contributed by atoms with Crippen molar-refractivity contribution in [2.45, 2.75) is 26.7 Å². The van der Waals surface area contributed by atoms with E-state index in [0.29, 0.717) is 0 Å². The van der Waals surface area contributed by atoms with Gasteiger partial charge in [-0.3, -0.25) is 4.79 Å². The summed E-state index contributed by atoms with van der Waals surface area (Å²) < 4.78 is 0.985. The fourth-order valence-electron chi connectivity index (χ4n) is 1.55. The third-order valence-electron chi connectivity index (χ3n) is 2.61. The minimum atomic E-state index is 0.100. The van der Waals surface area contributed by atoms with Crippen LogP contribution in [-0.2, 0) is 0 Å². The highest BCUT2D eigenvalue weighted by atomic mass is 79.9. The first-order valence-corrected chi connectivity index (χ1v) is 6.37. The first kappa shape index (κ1) is 13.2. The largest absolute Gasteiger partial charge is 0.374 e. The summed E-state index contributed by atoms with van der Waals surface area (Å²) in [5.74, 6) is 0.100. The number of ketones is 1. The number of hydrogen-bond acceptors (Lipinski definition) is 2. The third-order valence-corrected chi connectivity index (χ3v) is 3.25. The maximum Gasteiger partial charge on any atom is 0.159 e. The van der Waals surface area contributed by atoms with Crippen molar-refractivity contribution in [3.63, 3.8) is 0 Å². The standard InChI is InChI=1S/C13H18BrNO/c1-4-5-8-15(3)13-7-6-11(10(2)16)9-12(13)14/h6-7,9H,4-5,8H2,1-3H3. The Kier molecular flexibility index (Phi) is 5.00. The molecule has 0 N–H and O–H groups in total. The van der Waals surface area contributed by atoms with Gasteiger partial charge in [-0.2, -0.15) is 0 Å². The lowest BCUT2D eigenvalue weighted by Gasteiger charge is -2.20. The Hall–Kier alpha value is -0.830. The summed E-state index contributed by atoms with van der Waals surface area (Å²) in [5, 5.41) is 0. The van der Waals surface area contributed by atoms with Gasteiger partial charge in [0.05, 0.1) is 5.69 Å². The molecule has 0 saturated carbocycles. The molecule has 2 nitrogen and oxygen atoms in total. The third kappa shape index (κ3) is 3.34. The molecule has 0 aliphatic carbocycles. The van der Waals surface area contributed by atoms with E-state index in [9.17, 15) is 4.79 Å². The van der Waals surface area contributed by atoms with Gasteiger partial charge in [0.25, 0.3) is 0 Å². The molecule has 0 atom stereocenters. The monoisotopic (exact) mass is 283 g/mol. The van der Waals surface area contributed by atoms with Crippen molar-refractivity contribution in [2.24, 2.45) is 0 Å². The van der Waals surface area contributed by atoms with Gasteiger partial charge in [-0.1, -0.05) is 13.3 Å². The van der Waals surface area contributed by atoms with Crippen LogP contribution in [0.1, 0.15) is 37.0 Å². The highest BCUT2D eigenvalue weighted by Crippen LogP contribution is 2.26. The van der Waals surface area contributed by atoms with Crippen LogP contribution in [0.25, 0.3) is 0 Å². The second-order valence-electron chi connectivity index (χ2n) is 4.00. The van der Waals surface area contributed by atoms with Crippen molar-refractivity contribution in [2.75, 3.05) is 18.5 Å². The average molecular weight is 284 g/mol. The normalized spacial score (nSPS) is 10.2. The highest BCUT2D eigenvalue weighted by molar-refractivity contribution is 9.10. The molecule has 0 aliphatic rings. The second kappa shape index (κ2) is 6.04. The average Bonchev–Trinajstić information content (AvgIpc) is 2.25. The predicted molar refractivity (Wildman–Crippen MR) is 72.3 cm³/mol. The number of halogens is 1. The fraction of sp³-hybridized carbons (Fsp3) is 0.462. The van der Waals surface area contributed by atoms with Crippen LogP contribution < -0.4 is 4.90 Å². The van der Waals surface area contributed by atoms with Gasteiger partial charge in [0.1, 0.15) is 0 Å². The van der Waals surface area contributed by atoms with E-state index >= 15 is 0 Å². The van der Waals surface area contributed by atoms with Crippen molar-refractivity contribution in [3.05, 3.63) is 28.2 Å². The number of hydrogen-bond donors (Lipinski definition) is 0. The summed E-state index contributed by atoms with van der Waals surface area (Å²) in [6.45, 7) is 4.80. The van der Waals surface area contributed by atoms with E-state index in [1.54, 1.807) is 6.92 Å². The minimum absolute atomic E-state index is 0.100. The lowest BCUT2D eigenvalue weighted by atomic mass is 10.1. The molecule has 16 heavy (non-hydrogen) atoms. The summed E-state index contributed by atoms with van der Waals surface area (Å²) >= 11 is 3.51. The van der Waals surface area contributed by atoms with Gasteiger partial charge in [0.15, 0.2) is 5.78 Å². The van der Waals surface area contributed by atoms with E-state index in [0.717, 1.165) is 22.3 Å². The summed E-state index contributed by atoms with van der Waals surface area (Å²) in [4.78, 5) is 13.4. The van der Waals surface area contributed by atoms with Gasteiger partial charge in [0, 0.05) is 23.6 Å². The van der Waals surface area contributed by atoms with Crippen molar-refractivity contribution in [1.29, 1.82) is 0 Å². The van der Waals surface area contributed by atoms with Crippen molar-refractivity contribution >= 4 is 27.4 Å². The Balaban J connectivity index is 2.85. The van der Waals surface area contributed by atoms with Gasteiger partial charge >= 0.3 is 0 Å². The zero-order chi connectivity index (χ0) is 12.1. The minimum Gasteiger partial charge on any atom is -0.374 e. The summed E-state index contributed by atoms with van der Waals surface area (Å²) in [6, 6.07) is 5.77. The predicted octanol–water partition coefficient (Wildman–Crippen LogP) is 3.89. The lowest BCUT2D eigenvalue weighted by Crippen LogP contribution is -2.18. The molecule has 0 unspecified atom stereocenters. The Labute approximate surface area is 106 Å². The summed E-state index contributed by atoms with van der Waals surface area (Å²) in [7, 11) is 2.07. The van der Waals surface area contributed by atoms with E-state index < -0.39 is 0 Å². The Bertz CT molecular complexity index is 376. The van der Waals surface area contributed by atoms with E-state index in [-0.39, 0.29) is 5.78 Å². The van der Waals surface area contributed by atoms with Gasteiger partial charge in [-0.05, 0) is 47.5 Å². The molecule has 88 valence electrons. The number of benzene rings is 1. The first-order chi connectivity index (χ1) is 7.56. The van der Waals surface area contributed by atoms with E-state index in [1.807, 2.05) is 18.2 Å². The highest BCUT2D eigenvalue weighted by Gasteiger charge is 2.07. The van der Waals surface area contributed by atoms with E-state index in [1.165, 1.54) is 12.8 Å². The zero-order valence-corrected chi connectivity index (χ0v) is 11.7. The maximum atomic E-state index is 11.2. The number of rotatable bonds is 5. The van der Waals surface area contributed by atoms with Crippen molar-refractivity contribution < 1.29 is 4.79 Å². The molecule has 0 heterocycles. The number of anilines is 1. The smallest absolute Gasteiger partial charge is 0.159 e. The van der Waals surface area contributed by atoms with Crippen LogP contribution in [0.2, 0.25) is 0 Å². The van der Waals surface area contributed by atoms with Gasteiger partial charge in [-0.25, -0.2) is 0 Å². The van der Waals surface area contributed by atoms with Crippen LogP contribution in [0.3, 0.4) is 0 Å². The molecule has 1 aromatic carbocycles. The molecule has 0 aromatic heterocycles. The Morgan fingerprint density at radius 2 is 2.12 bits per heavy atom. The molecule has 0 radical (unpaired) electrons. The SMILES string of the molecule is CCCCN(C)c1ccc(C(C)=O)cc1Br. The van der Waals surface area contributed by atoms with Crippen LogP contribution in [0, 0.1) is 0 Å². The van der Waals surface area contributed by atoms with E-state index in [4.69, 9.17) is 0 Å². The van der Waals surface area contributed by atoms with Crippen LogP contribution >= 0.6 is 15.9 Å².